The van der Waals surface area contributed by atoms with Crippen LogP contribution in [0.4, 0.5) is 5.69 Å². The van der Waals surface area contributed by atoms with Crippen LogP contribution in [0.15, 0.2) is 42.7 Å². The van der Waals surface area contributed by atoms with Crippen LogP contribution in [-0.2, 0) is 9.53 Å². The van der Waals surface area contributed by atoms with Crippen molar-refractivity contribution in [2.45, 2.75) is 33.8 Å². The zero-order valence-electron chi connectivity index (χ0n) is 17.1. The van der Waals surface area contributed by atoms with Crippen LogP contribution in [0.3, 0.4) is 0 Å². The monoisotopic (exact) mass is 412 g/mol. The van der Waals surface area contributed by atoms with Crippen molar-refractivity contribution in [3.8, 4) is 10.8 Å². The van der Waals surface area contributed by atoms with Gasteiger partial charge in [-0.25, -0.2) is 4.79 Å². The first-order valence-electron chi connectivity index (χ1n) is 9.21. The van der Waals surface area contributed by atoms with Crippen LogP contribution < -0.4 is 10.1 Å². The summed E-state index contributed by atoms with van der Waals surface area (Å²) < 4.78 is 12.7. The van der Waals surface area contributed by atoms with E-state index in [1.54, 1.807) is 13.0 Å². The van der Waals surface area contributed by atoms with E-state index in [4.69, 9.17) is 9.47 Å². The number of methoxy groups -OCH3 is 1. The molecule has 1 aromatic carbocycles. The number of aromatic nitrogens is 1. The topological polar surface area (TPSA) is 69.6 Å². The van der Waals surface area contributed by atoms with E-state index in [1.165, 1.54) is 18.4 Å². The van der Waals surface area contributed by atoms with Crippen LogP contribution in [-0.4, -0.2) is 29.7 Å². The maximum absolute atomic E-state index is 12.9. The molecule has 152 valence electrons. The lowest BCUT2D eigenvalue weighted by Gasteiger charge is -2.16. The molecule has 0 radical (unpaired) electrons. The van der Waals surface area contributed by atoms with Crippen molar-refractivity contribution in [2.75, 3.05) is 12.4 Å². The Balaban J connectivity index is 1.78. The van der Waals surface area contributed by atoms with Crippen molar-refractivity contribution >= 4 is 28.9 Å². The number of hydrogen-bond donors (Lipinski definition) is 1. The second kappa shape index (κ2) is 8.53. The Bertz CT molecular complexity index is 1040. The van der Waals surface area contributed by atoms with Crippen LogP contribution in [0.2, 0.25) is 0 Å². The fourth-order valence-corrected chi connectivity index (χ4v) is 4.04. The third-order valence-electron chi connectivity index (χ3n) is 4.68. The van der Waals surface area contributed by atoms with Gasteiger partial charge in [-0.1, -0.05) is 6.07 Å². The van der Waals surface area contributed by atoms with Gasteiger partial charge in [-0.05, 0) is 63.1 Å². The standard InChI is InChI=1S/C22H24N2O4S/c1-13-8-9-18(27-5)17(12-13)23-20(25)15(3)28-22(26)19-14(2)16(4)29-21(19)24-10-6-7-11-24/h6-12,15H,1-5H3,(H,23,25)/t15-/m0/s1. The minimum Gasteiger partial charge on any atom is -0.495 e. The molecule has 0 aliphatic heterocycles. The molecule has 2 aromatic heterocycles. The molecule has 3 rings (SSSR count). The molecule has 0 saturated carbocycles. The fourth-order valence-electron chi connectivity index (χ4n) is 2.93. The van der Waals surface area contributed by atoms with Gasteiger partial charge in [0.1, 0.15) is 10.8 Å². The van der Waals surface area contributed by atoms with E-state index >= 15 is 0 Å². The van der Waals surface area contributed by atoms with Gasteiger partial charge in [-0.2, -0.15) is 0 Å². The first-order valence-corrected chi connectivity index (χ1v) is 10.0. The SMILES string of the molecule is COc1ccc(C)cc1NC(=O)[C@H](C)OC(=O)c1c(-n2cccc2)sc(C)c1C. The minimum atomic E-state index is -0.968. The van der Waals surface area contributed by atoms with Crippen LogP contribution in [0.25, 0.3) is 5.00 Å². The number of rotatable bonds is 6. The van der Waals surface area contributed by atoms with E-state index < -0.39 is 18.0 Å². The average molecular weight is 413 g/mol. The molecule has 1 atom stereocenters. The molecule has 6 nitrogen and oxygen atoms in total. The zero-order valence-corrected chi connectivity index (χ0v) is 17.9. The first kappa shape index (κ1) is 20.7. The molecule has 0 aliphatic rings. The van der Waals surface area contributed by atoms with Crippen LogP contribution in [0, 0.1) is 20.8 Å². The smallest absolute Gasteiger partial charge is 0.342 e. The Morgan fingerprint density at radius 2 is 1.83 bits per heavy atom. The molecule has 0 saturated heterocycles. The van der Waals surface area contributed by atoms with E-state index in [2.05, 4.69) is 5.32 Å². The number of carbonyl (C=O) groups excluding carboxylic acids is 2. The summed E-state index contributed by atoms with van der Waals surface area (Å²) in [5.74, 6) is -0.398. The van der Waals surface area contributed by atoms with Crippen LogP contribution in [0.5, 0.6) is 5.75 Å². The maximum Gasteiger partial charge on any atom is 0.342 e. The number of thiophene rings is 1. The van der Waals surface area contributed by atoms with E-state index in [0.717, 1.165) is 21.0 Å². The molecular formula is C22H24N2O4S. The third-order valence-corrected chi connectivity index (χ3v) is 5.90. The molecule has 0 unspecified atom stereocenters. The first-order chi connectivity index (χ1) is 13.8. The quantitative estimate of drug-likeness (QED) is 0.598. The number of anilines is 1. The Morgan fingerprint density at radius 1 is 1.14 bits per heavy atom. The highest BCUT2D eigenvalue weighted by Crippen LogP contribution is 2.32. The number of hydrogen-bond acceptors (Lipinski definition) is 5. The molecule has 1 N–H and O–H groups in total. The lowest BCUT2D eigenvalue weighted by atomic mass is 10.1. The molecule has 2 heterocycles. The molecule has 7 heteroatoms. The summed E-state index contributed by atoms with van der Waals surface area (Å²) in [6, 6.07) is 9.27. The summed E-state index contributed by atoms with van der Waals surface area (Å²) in [6.07, 6.45) is 2.79. The number of benzene rings is 1. The predicted molar refractivity (Wildman–Crippen MR) is 114 cm³/mol. The van der Waals surface area contributed by atoms with Crippen molar-refractivity contribution in [3.63, 3.8) is 0 Å². The Labute approximate surface area is 174 Å². The van der Waals surface area contributed by atoms with Gasteiger partial charge in [-0.3, -0.25) is 4.79 Å². The van der Waals surface area contributed by atoms with Gasteiger partial charge in [-0.15, -0.1) is 11.3 Å². The van der Waals surface area contributed by atoms with Gasteiger partial charge in [0.2, 0.25) is 0 Å². The summed E-state index contributed by atoms with van der Waals surface area (Å²) in [5.41, 5.74) is 2.86. The highest BCUT2D eigenvalue weighted by Gasteiger charge is 2.26. The predicted octanol–water partition coefficient (Wildman–Crippen LogP) is 4.66. The molecule has 29 heavy (non-hydrogen) atoms. The van der Waals surface area contributed by atoms with E-state index in [1.807, 2.05) is 62.0 Å². The largest absolute Gasteiger partial charge is 0.495 e. The second-order valence-corrected chi connectivity index (χ2v) is 8.00. The molecule has 0 spiro atoms. The van der Waals surface area contributed by atoms with Crippen molar-refractivity contribution in [3.05, 3.63) is 64.3 Å². The number of nitrogens with zero attached hydrogens (tertiary/aromatic N) is 1. The molecular weight excluding hydrogens is 388 g/mol. The Morgan fingerprint density at radius 3 is 2.48 bits per heavy atom. The maximum atomic E-state index is 12.9. The normalized spacial score (nSPS) is 11.8. The third kappa shape index (κ3) is 4.35. The van der Waals surface area contributed by atoms with Gasteiger partial charge in [0.25, 0.3) is 5.91 Å². The summed E-state index contributed by atoms with van der Waals surface area (Å²) in [6.45, 7) is 7.32. The van der Waals surface area contributed by atoms with Gasteiger partial charge in [0.05, 0.1) is 18.4 Å². The lowest BCUT2D eigenvalue weighted by Crippen LogP contribution is -2.30. The fraction of sp³-hybridized carbons (Fsp3) is 0.273. The molecule has 3 aromatic rings. The highest BCUT2D eigenvalue weighted by molar-refractivity contribution is 7.15. The average Bonchev–Trinajstić information content (AvgIpc) is 3.30. The number of esters is 1. The van der Waals surface area contributed by atoms with Crippen molar-refractivity contribution in [1.29, 1.82) is 0 Å². The van der Waals surface area contributed by atoms with Gasteiger partial charge in [0, 0.05) is 17.3 Å². The number of nitrogens with one attached hydrogen (secondary N) is 1. The van der Waals surface area contributed by atoms with E-state index in [-0.39, 0.29) is 0 Å². The van der Waals surface area contributed by atoms with Crippen molar-refractivity contribution < 1.29 is 19.1 Å². The number of aryl methyl sites for hydroxylation is 2. The summed E-state index contributed by atoms with van der Waals surface area (Å²) in [7, 11) is 1.54. The minimum absolute atomic E-state index is 0.422. The van der Waals surface area contributed by atoms with Crippen LogP contribution >= 0.6 is 11.3 Å². The Hall–Kier alpha value is -3.06. The summed E-state index contributed by atoms with van der Waals surface area (Å²) in [4.78, 5) is 26.6. The van der Waals surface area contributed by atoms with Gasteiger partial charge >= 0.3 is 5.97 Å². The zero-order chi connectivity index (χ0) is 21.1. The van der Waals surface area contributed by atoms with Gasteiger partial charge in [0.15, 0.2) is 6.10 Å². The molecule has 0 aliphatic carbocycles. The molecule has 0 bridgehead atoms. The number of ether oxygens (including phenoxy) is 2. The van der Waals surface area contributed by atoms with Gasteiger partial charge < -0.3 is 19.4 Å². The van der Waals surface area contributed by atoms with E-state index in [9.17, 15) is 9.59 Å². The van der Waals surface area contributed by atoms with Crippen molar-refractivity contribution in [1.82, 2.24) is 4.57 Å². The molecule has 0 fully saturated rings. The molecule has 1 amide bonds. The van der Waals surface area contributed by atoms with E-state index in [0.29, 0.717) is 17.0 Å². The summed E-state index contributed by atoms with van der Waals surface area (Å²) in [5, 5.41) is 3.56. The number of carbonyl (C=O) groups is 2. The summed E-state index contributed by atoms with van der Waals surface area (Å²) >= 11 is 1.52. The Kier molecular flexibility index (Phi) is 6.08. The number of amides is 1. The van der Waals surface area contributed by atoms with Crippen LogP contribution in [0.1, 0.15) is 33.3 Å². The lowest BCUT2D eigenvalue weighted by molar-refractivity contribution is -0.123. The highest BCUT2D eigenvalue weighted by atomic mass is 32.1. The second-order valence-electron chi connectivity index (χ2n) is 6.79. The van der Waals surface area contributed by atoms with Crippen molar-refractivity contribution in [2.24, 2.45) is 0 Å².